The van der Waals surface area contributed by atoms with Crippen LogP contribution >= 0.6 is 0 Å². The molecule has 5 fully saturated rings. The number of rotatable bonds is 6. The standard InChI is InChI=1S/C34H36F3N5O3/c1-3-23-26(36)6-5-18-9-22(43)12-24(27(18)23)29-28(37)30-25(14-38-29)31(42-16-33(2,44)19-10-21(42)11-19)40-32(39-30)45-17-34-7-4-8-41(34)15-20(35)13-34/h5-6,9,12,14,19-21,43-44H,3-4,7-8,10-11,13,15-17H2,1-2H3/t19?,20-,21?,33?,34+/m1/s1. The van der Waals surface area contributed by atoms with Crippen LogP contribution < -0.4 is 9.64 Å². The molecule has 1 unspecified atom stereocenters. The third-order valence-electron chi connectivity index (χ3n) is 10.8. The number of aliphatic hydroxyl groups is 1. The second-order valence-electron chi connectivity index (χ2n) is 13.7. The zero-order valence-electron chi connectivity index (χ0n) is 25.4. The van der Waals surface area contributed by atoms with Gasteiger partial charge in [0.25, 0.3) is 0 Å². The highest BCUT2D eigenvalue weighted by atomic mass is 19.1. The number of hydrogen-bond acceptors (Lipinski definition) is 8. The number of pyridine rings is 1. The molecule has 236 valence electrons. The molecule has 1 saturated carbocycles. The van der Waals surface area contributed by atoms with Crippen molar-refractivity contribution in [3.63, 3.8) is 0 Å². The summed E-state index contributed by atoms with van der Waals surface area (Å²) in [4.78, 5) is 18.0. The molecular formula is C34H36F3N5O3. The van der Waals surface area contributed by atoms with E-state index in [1.54, 1.807) is 6.07 Å². The van der Waals surface area contributed by atoms with E-state index >= 15 is 4.39 Å². The van der Waals surface area contributed by atoms with Crippen molar-refractivity contribution >= 4 is 27.5 Å². The van der Waals surface area contributed by atoms with Crippen LogP contribution in [0.2, 0.25) is 0 Å². The zero-order valence-corrected chi connectivity index (χ0v) is 25.4. The fourth-order valence-electron chi connectivity index (χ4n) is 8.37. The molecular weight excluding hydrogens is 583 g/mol. The van der Waals surface area contributed by atoms with Crippen molar-refractivity contribution in [1.82, 2.24) is 19.9 Å². The summed E-state index contributed by atoms with van der Waals surface area (Å²) in [5.41, 5.74) is -0.839. The van der Waals surface area contributed by atoms with Crippen molar-refractivity contribution in [2.24, 2.45) is 5.92 Å². The van der Waals surface area contributed by atoms with Gasteiger partial charge in [0.2, 0.25) is 0 Å². The molecule has 2 bridgehead atoms. The summed E-state index contributed by atoms with van der Waals surface area (Å²) >= 11 is 0. The van der Waals surface area contributed by atoms with E-state index in [9.17, 15) is 19.0 Å². The molecule has 2 N–H and O–H groups in total. The molecule has 4 aliphatic heterocycles. The molecule has 4 aromatic rings. The Bertz CT molecular complexity index is 1850. The second kappa shape index (κ2) is 10.2. The van der Waals surface area contributed by atoms with Crippen LogP contribution in [0.1, 0.15) is 51.5 Å². The van der Waals surface area contributed by atoms with E-state index < -0.39 is 28.9 Å². The number of phenolic OH excluding ortho intramolecular Hbond substituents is 1. The maximum Gasteiger partial charge on any atom is 0.319 e. The predicted octanol–water partition coefficient (Wildman–Crippen LogP) is 5.70. The number of fused-ring (bicyclic) bond motifs is 5. The summed E-state index contributed by atoms with van der Waals surface area (Å²) in [7, 11) is 0. The number of aromatic hydroxyl groups is 1. The normalized spacial score (nSPS) is 29.4. The van der Waals surface area contributed by atoms with E-state index in [-0.39, 0.29) is 47.1 Å². The fraction of sp³-hybridized carbons (Fsp3) is 0.500. The molecule has 3 atom stereocenters. The lowest BCUT2D eigenvalue weighted by molar-refractivity contribution is -0.0675. The first-order valence-corrected chi connectivity index (χ1v) is 15.9. The summed E-state index contributed by atoms with van der Waals surface area (Å²) in [5, 5.41) is 23.1. The van der Waals surface area contributed by atoms with E-state index in [4.69, 9.17) is 9.72 Å². The Balaban J connectivity index is 1.29. The summed E-state index contributed by atoms with van der Waals surface area (Å²) in [6.45, 7) is 5.31. The van der Waals surface area contributed by atoms with Crippen LogP contribution in [0.3, 0.4) is 0 Å². The van der Waals surface area contributed by atoms with Crippen LogP contribution in [-0.2, 0) is 6.42 Å². The first-order chi connectivity index (χ1) is 21.6. The van der Waals surface area contributed by atoms with Crippen molar-refractivity contribution in [3.8, 4) is 23.0 Å². The lowest BCUT2D eigenvalue weighted by Gasteiger charge is -2.57. The minimum atomic E-state index is -0.941. The number of hydrogen-bond donors (Lipinski definition) is 2. The number of ether oxygens (including phenoxy) is 1. The van der Waals surface area contributed by atoms with Crippen LogP contribution in [0.5, 0.6) is 11.8 Å². The highest BCUT2D eigenvalue weighted by Crippen LogP contribution is 2.48. The maximum absolute atomic E-state index is 16.8. The van der Waals surface area contributed by atoms with Crippen molar-refractivity contribution in [2.75, 3.05) is 31.1 Å². The Morgan fingerprint density at radius 3 is 2.76 bits per heavy atom. The number of phenols is 1. The number of benzene rings is 2. The van der Waals surface area contributed by atoms with Gasteiger partial charge in [-0.05, 0) is 86.0 Å². The maximum atomic E-state index is 16.8. The van der Waals surface area contributed by atoms with Crippen molar-refractivity contribution < 1.29 is 28.1 Å². The summed E-state index contributed by atoms with van der Waals surface area (Å²) in [6.07, 6.45) is 4.65. The number of aromatic nitrogens is 3. The topological polar surface area (TPSA) is 94.8 Å². The van der Waals surface area contributed by atoms with Gasteiger partial charge in [-0.3, -0.25) is 9.88 Å². The minimum Gasteiger partial charge on any atom is -0.508 e. The molecule has 5 aliphatic rings. The highest BCUT2D eigenvalue weighted by molar-refractivity contribution is 6.01. The molecule has 2 aromatic carbocycles. The Morgan fingerprint density at radius 1 is 1.16 bits per heavy atom. The fourth-order valence-corrected chi connectivity index (χ4v) is 8.37. The number of halogens is 3. The molecule has 0 spiro atoms. The van der Waals surface area contributed by atoms with Crippen molar-refractivity contribution in [2.45, 2.75) is 75.7 Å². The van der Waals surface area contributed by atoms with Crippen LogP contribution in [0, 0.1) is 17.6 Å². The lowest BCUT2D eigenvalue weighted by atomic mass is 9.65. The molecule has 4 saturated heterocycles. The van der Waals surface area contributed by atoms with E-state index in [1.165, 1.54) is 24.4 Å². The monoisotopic (exact) mass is 619 g/mol. The first-order valence-electron chi connectivity index (χ1n) is 15.9. The third-order valence-corrected chi connectivity index (χ3v) is 10.8. The smallest absolute Gasteiger partial charge is 0.319 e. The molecule has 8 nitrogen and oxygen atoms in total. The van der Waals surface area contributed by atoms with Gasteiger partial charge in [-0.1, -0.05) is 13.0 Å². The van der Waals surface area contributed by atoms with Gasteiger partial charge < -0.3 is 19.8 Å². The minimum absolute atomic E-state index is 0.0254. The predicted molar refractivity (Wildman–Crippen MR) is 164 cm³/mol. The molecule has 1 aliphatic carbocycles. The van der Waals surface area contributed by atoms with Crippen LogP contribution in [0.15, 0.2) is 30.5 Å². The lowest BCUT2D eigenvalue weighted by Crippen LogP contribution is -2.64. The highest BCUT2D eigenvalue weighted by Gasteiger charge is 2.52. The van der Waals surface area contributed by atoms with Crippen LogP contribution in [0.25, 0.3) is 32.9 Å². The van der Waals surface area contributed by atoms with E-state index in [0.717, 1.165) is 32.2 Å². The summed E-state index contributed by atoms with van der Waals surface area (Å²) in [6, 6.07) is 5.92. The average molecular weight is 620 g/mol. The van der Waals surface area contributed by atoms with E-state index in [0.29, 0.717) is 53.5 Å². The van der Waals surface area contributed by atoms with Gasteiger partial charge in [0.15, 0.2) is 5.82 Å². The van der Waals surface area contributed by atoms with E-state index in [2.05, 4.69) is 14.9 Å². The number of aryl methyl sites for hydroxylation is 1. The summed E-state index contributed by atoms with van der Waals surface area (Å²) < 4.78 is 52.5. The zero-order chi connectivity index (χ0) is 31.2. The average Bonchev–Trinajstić information content (AvgIpc) is 3.50. The molecule has 45 heavy (non-hydrogen) atoms. The SMILES string of the molecule is CCc1c(F)ccc2cc(O)cc(-c3ncc4c(N5CC(C)(O)C6CC5C6)nc(OC[C@@]56CCCN5C[C@H](F)C6)nc4c3F)c12. The quantitative estimate of drug-likeness (QED) is 0.284. The Labute approximate surface area is 258 Å². The molecule has 0 amide bonds. The number of piperidine rings is 2. The molecule has 2 aromatic heterocycles. The molecule has 9 rings (SSSR count). The Hall–Kier alpha value is -3.70. The van der Waals surface area contributed by atoms with Gasteiger partial charge >= 0.3 is 6.01 Å². The van der Waals surface area contributed by atoms with Crippen molar-refractivity contribution in [3.05, 3.63) is 47.7 Å². The molecule has 6 heterocycles. The number of alkyl halides is 1. The Morgan fingerprint density at radius 2 is 1.98 bits per heavy atom. The van der Waals surface area contributed by atoms with Crippen molar-refractivity contribution in [1.29, 1.82) is 0 Å². The molecule has 0 radical (unpaired) electrons. The van der Waals surface area contributed by atoms with Gasteiger partial charge in [0.05, 0.1) is 16.5 Å². The third kappa shape index (κ3) is 4.45. The summed E-state index contributed by atoms with van der Waals surface area (Å²) in [5.74, 6) is -0.650. The van der Waals surface area contributed by atoms with Crippen LogP contribution in [-0.4, -0.2) is 79.7 Å². The number of anilines is 1. The van der Waals surface area contributed by atoms with Gasteiger partial charge in [0, 0.05) is 37.3 Å². The van der Waals surface area contributed by atoms with Gasteiger partial charge in [-0.15, -0.1) is 0 Å². The van der Waals surface area contributed by atoms with E-state index in [1.807, 2.05) is 18.7 Å². The second-order valence-corrected chi connectivity index (χ2v) is 13.7. The van der Waals surface area contributed by atoms with Gasteiger partial charge in [0.1, 0.15) is 41.4 Å². The molecule has 11 heteroatoms. The largest absolute Gasteiger partial charge is 0.508 e. The van der Waals surface area contributed by atoms with Gasteiger partial charge in [-0.25, -0.2) is 13.2 Å². The van der Waals surface area contributed by atoms with Crippen LogP contribution in [0.4, 0.5) is 19.0 Å². The number of nitrogens with zero attached hydrogens (tertiary/aromatic N) is 5. The Kier molecular flexibility index (Phi) is 6.49. The first kappa shape index (κ1) is 28.8. The van der Waals surface area contributed by atoms with Gasteiger partial charge in [-0.2, -0.15) is 9.97 Å².